The van der Waals surface area contributed by atoms with E-state index in [0.717, 1.165) is 23.2 Å². The maximum Gasteiger partial charge on any atom is 0.122 e. The molecule has 0 unspecified atom stereocenters. The number of aryl methyl sites for hydroxylation is 1. The second-order valence-corrected chi connectivity index (χ2v) is 3.67. The molecule has 0 bridgehead atoms. The van der Waals surface area contributed by atoms with Gasteiger partial charge in [-0.15, -0.1) is 0 Å². The quantitative estimate of drug-likeness (QED) is 0.770. The molecule has 1 nitrogen and oxygen atoms in total. The molecule has 0 N–H and O–H groups in total. The minimum absolute atomic E-state index is 0.794. The molecule has 0 fully saturated rings. The van der Waals surface area contributed by atoms with Crippen LogP contribution in [-0.2, 0) is 0 Å². The predicted octanol–water partition coefficient (Wildman–Crippen LogP) is 3.55. The highest BCUT2D eigenvalue weighted by Crippen LogP contribution is 2.21. The third-order valence-electron chi connectivity index (χ3n) is 1.60. The van der Waals surface area contributed by atoms with E-state index < -0.39 is 0 Å². The third kappa shape index (κ3) is 2.52. The molecule has 0 spiro atoms. The summed E-state index contributed by atoms with van der Waals surface area (Å²) >= 11 is 3.41. The van der Waals surface area contributed by atoms with Crippen LogP contribution in [0, 0.1) is 6.92 Å². The van der Waals surface area contributed by atoms with Crippen LogP contribution in [0.15, 0.2) is 22.7 Å². The molecule has 0 atom stereocenters. The van der Waals surface area contributed by atoms with Gasteiger partial charge in [-0.3, -0.25) is 0 Å². The molecule has 0 amide bonds. The first-order chi connectivity index (χ1) is 5.74. The van der Waals surface area contributed by atoms with Gasteiger partial charge in [-0.25, -0.2) is 0 Å². The predicted molar refractivity (Wildman–Crippen MR) is 54.7 cm³/mol. The van der Waals surface area contributed by atoms with Gasteiger partial charge in [0, 0.05) is 4.47 Å². The zero-order valence-corrected chi connectivity index (χ0v) is 9.02. The van der Waals surface area contributed by atoms with Gasteiger partial charge in [-0.05, 0) is 37.1 Å². The van der Waals surface area contributed by atoms with Gasteiger partial charge in [0.2, 0.25) is 0 Å². The SMILES string of the molecule is CCCOc1ccc(Br)cc1C. The average molecular weight is 229 g/mol. The number of hydrogen-bond donors (Lipinski definition) is 0. The van der Waals surface area contributed by atoms with Gasteiger partial charge in [-0.1, -0.05) is 22.9 Å². The molecule has 0 aliphatic rings. The monoisotopic (exact) mass is 228 g/mol. The molecule has 0 saturated heterocycles. The van der Waals surface area contributed by atoms with Crippen LogP contribution in [0.3, 0.4) is 0 Å². The summed E-state index contributed by atoms with van der Waals surface area (Å²) in [4.78, 5) is 0. The van der Waals surface area contributed by atoms with E-state index in [1.807, 2.05) is 12.1 Å². The molecule has 0 aliphatic carbocycles. The van der Waals surface area contributed by atoms with E-state index in [-0.39, 0.29) is 0 Å². The Labute approximate surface area is 81.9 Å². The highest BCUT2D eigenvalue weighted by Gasteiger charge is 1.98. The van der Waals surface area contributed by atoms with E-state index in [4.69, 9.17) is 4.74 Å². The van der Waals surface area contributed by atoms with Crippen LogP contribution >= 0.6 is 15.9 Å². The summed E-state index contributed by atoms with van der Waals surface area (Å²) in [6.07, 6.45) is 1.05. The summed E-state index contributed by atoms with van der Waals surface area (Å²) < 4.78 is 6.62. The number of hydrogen-bond acceptors (Lipinski definition) is 1. The molecule has 66 valence electrons. The van der Waals surface area contributed by atoms with Crippen molar-refractivity contribution in [2.75, 3.05) is 6.61 Å². The smallest absolute Gasteiger partial charge is 0.122 e. The summed E-state index contributed by atoms with van der Waals surface area (Å²) in [6.45, 7) is 4.95. The maximum atomic E-state index is 5.52. The van der Waals surface area contributed by atoms with Crippen LogP contribution in [0.25, 0.3) is 0 Å². The van der Waals surface area contributed by atoms with Gasteiger partial charge >= 0.3 is 0 Å². The lowest BCUT2D eigenvalue weighted by Gasteiger charge is -2.07. The Morgan fingerprint density at radius 3 is 2.75 bits per heavy atom. The molecule has 1 rings (SSSR count). The van der Waals surface area contributed by atoms with Crippen molar-refractivity contribution < 1.29 is 4.74 Å². The highest BCUT2D eigenvalue weighted by atomic mass is 79.9. The van der Waals surface area contributed by atoms with Gasteiger partial charge in [0.1, 0.15) is 5.75 Å². The van der Waals surface area contributed by atoms with Gasteiger partial charge in [0.15, 0.2) is 0 Å². The van der Waals surface area contributed by atoms with Crippen molar-refractivity contribution >= 4 is 15.9 Å². The van der Waals surface area contributed by atoms with Gasteiger partial charge in [-0.2, -0.15) is 0 Å². The molecular formula is C10H13BrO. The first kappa shape index (κ1) is 9.59. The standard InChI is InChI=1S/C10H13BrO/c1-3-6-12-10-5-4-9(11)7-8(10)2/h4-5,7H,3,6H2,1-2H3. The first-order valence-electron chi connectivity index (χ1n) is 4.13. The Kier molecular flexibility index (Phi) is 3.60. The van der Waals surface area contributed by atoms with Crippen molar-refractivity contribution in [2.24, 2.45) is 0 Å². The van der Waals surface area contributed by atoms with Crippen LogP contribution in [0.4, 0.5) is 0 Å². The van der Waals surface area contributed by atoms with Crippen LogP contribution < -0.4 is 4.74 Å². The van der Waals surface area contributed by atoms with E-state index in [9.17, 15) is 0 Å². The van der Waals surface area contributed by atoms with E-state index in [1.165, 1.54) is 5.56 Å². The van der Waals surface area contributed by atoms with Gasteiger partial charge < -0.3 is 4.74 Å². The lowest BCUT2D eigenvalue weighted by atomic mass is 10.2. The number of rotatable bonds is 3. The van der Waals surface area contributed by atoms with E-state index in [2.05, 4.69) is 35.8 Å². The maximum absolute atomic E-state index is 5.52. The molecule has 2 heteroatoms. The van der Waals surface area contributed by atoms with Crippen molar-refractivity contribution in [2.45, 2.75) is 20.3 Å². The fourth-order valence-corrected chi connectivity index (χ4v) is 1.46. The molecular weight excluding hydrogens is 216 g/mol. The fraction of sp³-hybridized carbons (Fsp3) is 0.400. The molecule has 0 heterocycles. The van der Waals surface area contributed by atoms with Crippen LogP contribution in [0.1, 0.15) is 18.9 Å². The molecule has 0 radical (unpaired) electrons. The molecule has 12 heavy (non-hydrogen) atoms. The van der Waals surface area contributed by atoms with E-state index >= 15 is 0 Å². The second kappa shape index (κ2) is 4.51. The van der Waals surface area contributed by atoms with Crippen molar-refractivity contribution in [1.29, 1.82) is 0 Å². The Hall–Kier alpha value is -0.500. The molecule has 1 aromatic carbocycles. The Morgan fingerprint density at radius 2 is 2.17 bits per heavy atom. The number of ether oxygens (including phenoxy) is 1. The van der Waals surface area contributed by atoms with Crippen molar-refractivity contribution in [3.05, 3.63) is 28.2 Å². The lowest BCUT2D eigenvalue weighted by molar-refractivity contribution is 0.315. The minimum atomic E-state index is 0.794. The zero-order valence-electron chi connectivity index (χ0n) is 7.43. The van der Waals surface area contributed by atoms with Gasteiger partial charge in [0.25, 0.3) is 0 Å². The average Bonchev–Trinajstić information content (AvgIpc) is 2.03. The molecule has 1 aromatic rings. The van der Waals surface area contributed by atoms with Crippen molar-refractivity contribution in [1.82, 2.24) is 0 Å². The summed E-state index contributed by atoms with van der Waals surface area (Å²) in [5.41, 5.74) is 1.18. The minimum Gasteiger partial charge on any atom is -0.493 e. The lowest BCUT2D eigenvalue weighted by Crippen LogP contribution is -1.96. The highest BCUT2D eigenvalue weighted by molar-refractivity contribution is 9.10. The summed E-state index contributed by atoms with van der Waals surface area (Å²) in [6, 6.07) is 6.05. The molecule has 0 aliphatic heterocycles. The van der Waals surface area contributed by atoms with Crippen molar-refractivity contribution in [3.63, 3.8) is 0 Å². The van der Waals surface area contributed by atoms with E-state index in [0.29, 0.717) is 0 Å². The summed E-state index contributed by atoms with van der Waals surface area (Å²) in [7, 11) is 0. The number of halogens is 1. The van der Waals surface area contributed by atoms with Crippen LogP contribution in [0.5, 0.6) is 5.75 Å². The summed E-state index contributed by atoms with van der Waals surface area (Å²) in [5, 5.41) is 0. The first-order valence-corrected chi connectivity index (χ1v) is 4.92. The second-order valence-electron chi connectivity index (χ2n) is 2.76. The topological polar surface area (TPSA) is 9.23 Å². The summed E-state index contributed by atoms with van der Waals surface area (Å²) in [5.74, 6) is 0.986. The Bertz CT molecular complexity index is 258. The Morgan fingerprint density at radius 1 is 1.42 bits per heavy atom. The van der Waals surface area contributed by atoms with Crippen LogP contribution in [-0.4, -0.2) is 6.61 Å². The van der Waals surface area contributed by atoms with E-state index in [1.54, 1.807) is 0 Å². The normalized spacial score (nSPS) is 9.92. The van der Waals surface area contributed by atoms with Crippen LogP contribution in [0.2, 0.25) is 0 Å². The zero-order chi connectivity index (χ0) is 8.97. The Balaban J connectivity index is 2.72. The van der Waals surface area contributed by atoms with Crippen molar-refractivity contribution in [3.8, 4) is 5.75 Å². The molecule has 0 saturated carbocycles. The fourth-order valence-electron chi connectivity index (χ4n) is 0.987. The number of benzene rings is 1. The largest absolute Gasteiger partial charge is 0.493 e. The van der Waals surface area contributed by atoms with Gasteiger partial charge in [0.05, 0.1) is 6.61 Å². The molecule has 0 aromatic heterocycles. The third-order valence-corrected chi connectivity index (χ3v) is 2.09.